The molecule has 0 aliphatic heterocycles. The molecule has 2 atom stereocenters. The van der Waals surface area contributed by atoms with Gasteiger partial charge in [-0.3, -0.25) is 0 Å². The first kappa shape index (κ1) is 16.2. The van der Waals surface area contributed by atoms with Gasteiger partial charge >= 0.3 is 16.3 Å². The fraction of sp³-hybridized carbons (Fsp3) is 0.909. The summed E-state index contributed by atoms with van der Waals surface area (Å²) < 4.78 is 32.6. The molecule has 0 bridgehead atoms. The van der Waals surface area contributed by atoms with Gasteiger partial charge in [0, 0.05) is 6.04 Å². The first-order valence-electron chi connectivity index (χ1n) is 6.55. The molecule has 112 valence electrons. The maximum atomic E-state index is 11.8. The smallest absolute Gasteiger partial charge is 0.422 e. The minimum atomic E-state index is -3.90. The fourth-order valence-corrected chi connectivity index (χ4v) is 3.26. The molecule has 0 heterocycles. The summed E-state index contributed by atoms with van der Waals surface area (Å²) in [6.45, 7) is 3.72. The molecule has 19 heavy (non-hydrogen) atoms. The predicted octanol–water partition coefficient (Wildman–Crippen LogP) is 0.473. The number of nitrogens with one attached hydrogen (secondary N) is 2. The minimum absolute atomic E-state index is 0.117. The summed E-state index contributed by atoms with van der Waals surface area (Å²) in [6.07, 6.45) is 2.31. The largest absolute Gasteiger partial charge is 0.446 e. The fourth-order valence-electron chi connectivity index (χ4n) is 2.22. The Morgan fingerprint density at radius 1 is 1.37 bits per heavy atom. The molecule has 1 fully saturated rings. The zero-order valence-corrected chi connectivity index (χ0v) is 12.2. The molecule has 1 rings (SSSR count). The van der Waals surface area contributed by atoms with Crippen LogP contribution in [-0.2, 0) is 14.9 Å². The van der Waals surface area contributed by atoms with Gasteiger partial charge in [0.25, 0.3) is 0 Å². The number of amides is 1. The van der Waals surface area contributed by atoms with Crippen LogP contribution in [0.4, 0.5) is 4.79 Å². The average Bonchev–Trinajstić information content (AvgIpc) is 2.26. The standard InChI is InChI=1S/C11H23N3O4S/c1-8(2)18-11(15)14-19(16,17)13-10-6-4-3-5-9(10)7-12/h8-10,13H,3-7,12H2,1-2H3,(H,14,15). The van der Waals surface area contributed by atoms with Crippen LogP contribution in [0.25, 0.3) is 0 Å². The lowest BCUT2D eigenvalue weighted by atomic mass is 9.85. The summed E-state index contributed by atoms with van der Waals surface area (Å²) in [6, 6.07) is -0.219. The van der Waals surface area contributed by atoms with Crippen LogP contribution in [0.2, 0.25) is 0 Å². The predicted molar refractivity (Wildman–Crippen MR) is 71.6 cm³/mol. The summed E-state index contributed by atoms with van der Waals surface area (Å²) in [5, 5.41) is 0. The second-order valence-electron chi connectivity index (χ2n) is 5.06. The molecule has 1 aliphatic carbocycles. The van der Waals surface area contributed by atoms with Crippen molar-refractivity contribution in [2.45, 2.75) is 51.7 Å². The normalized spacial score (nSPS) is 24.2. The van der Waals surface area contributed by atoms with Crippen molar-refractivity contribution in [2.75, 3.05) is 6.54 Å². The topological polar surface area (TPSA) is 111 Å². The number of carbonyl (C=O) groups excluding carboxylic acids is 1. The molecule has 0 aromatic carbocycles. The van der Waals surface area contributed by atoms with Gasteiger partial charge in [-0.15, -0.1) is 0 Å². The maximum Gasteiger partial charge on any atom is 0.422 e. The molecule has 1 amide bonds. The van der Waals surface area contributed by atoms with Crippen LogP contribution in [0.5, 0.6) is 0 Å². The zero-order valence-electron chi connectivity index (χ0n) is 11.4. The van der Waals surface area contributed by atoms with E-state index in [1.165, 1.54) is 0 Å². The number of hydrogen-bond donors (Lipinski definition) is 3. The lowest BCUT2D eigenvalue weighted by Crippen LogP contribution is -2.50. The van der Waals surface area contributed by atoms with Crippen LogP contribution < -0.4 is 15.2 Å². The Labute approximate surface area is 114 Å². The maximum absolute atomic E-state index is 11.8. The minimum Gasteiger partial charge on any atom is -0.446 e. The lowest BCUT2D eigenvalue weighted by molar-refractivity contribution is 0.121. The SMILES string of the molecule is CC(C)OC(=O)NS(=O)(=O)NC1CCCCC1CN. The summed E-state index contributed by atoms with van der Waals surface area (Å²) in [5.74, 6) is 0.117. The molecule has 8 heteroatoms. The van der Waals surface area contributed by atoms with E-state index in [2.05, 4.69) is 4.72 Å². The van der Waals surface area contributed by atoms with Crippen LogP contribution in [0.15, 0.2) is 0 Å². The van der Waals surface area contributed by atoms with Crippen LogP contribution in [-0.4, -0.2) is 33.2 Å². The van der Waals surface area contributed by atoms with E-state index < -0.39 is 16.3 Å². The second kappa shape index (κ2) is 7.06. The van der Waals surface area contributed by atoms with E-state index in [-0.39, 0.29) is 18.1 Å². The van der Waals surface area contributed by atoms with Gasteiger partial charge in [-0.1, -0.05) is 12.8 Å². The highest BCUT2D eigenvalue weighted by molar-refractivity contribution is 7.88. The van der Waals surface area contributed by atoms with Gasteiger partial charge in [-0.2, -0.15) is 13.1 Å². The highest BCUT2D eigenvalue weighted by Crippen LogP contribution is 2.23. The number of nitrogens with two attached hydrogens (primary N) is 1. The average molecular weight is 293 g/mol. The van der Waals surface area contributed by atoms with E-state index >= 15 is 0 Å². The quantitative estimate of drug-likeness (QED) is 0.682. The first-order valence-corrected chi connectivity index (χ1v) is 8.03. The van der Waals surface area contributed by atoms with Crippen LogP contribution in [0, 0.1) is 5.92 Å². The molecular weight excluding hydrogens is 270 g/mol. The van der Waals surface area contributed by atoms with Crippen molar-refractivity contribution < 1.29 is 17.9 Å². The third-order valence-electron chi connectivity index (χ3n) is 3.08. The van der Waals surface area contributed by atoms with Gasteiger partial charge in [0.15, 0.2) is 0 Å². The van der Waals surface area contributed by atoms with Gasteiger partial charge in [0.2, 0.25) is 0 Å². The highest BCUT2D eigenvalue weighted by atomic mass is 32.2. The third-order valence-corrected chi connectivity index (χ3v) is 4.13. The van der Waals surface area contributed by atoms with Crippen LogP contribution >= 0.6 is 0 Å². The Bertz CT molecular complexity index is 397. The number of ether oxygens (including phenoxy) is 1. The van der Waals surface area contributed by atoms with E-state index in [4.69, 9.17) is 10.5 Å². The summed E-state index contributed by atoms with van der Waals surface area (Å²) in [5.41, 5.74) is 5.63. The highest BCUT2D eigenvalue weighted by Gasteiger charge is 2.28. The molecule has 0 spiro atoms. The van der Waals surface area contributed by atoms with Crippen LogP contribution in [0.3, 0.4) is 0 Å². The van der Waals surface area contributed by atoms with Crippen molar-refractivity contribution in [3.8, 4) is 0 Å². The van der Waals surface area contributed by atoms with Gasteiger partial charge in [0.05, 0.1) is 6.10 Å². The van der Waals surface area contributed by atoms with Crippen molar-refractivity contribution in [3.05, 3.63) is 0 Å². The van der Waals surface area contributed by atoms with E-state index in [0.29, 0.717) is 6.54 Å². The number of hydrogen-bond acceptors (Lipinski definition) is 5. The van der Waals surface area contributed by atoms with Gasteiger partial charge < -0.3 is 10.5 Å². The Hall–Kier alpha value is -0.860. The summed E-state index contributed by atoms with van der Waals surface area (Å²) >= 11 is 0. The number of carbonyl (C=O) groups is 1. The van der Waals surface area contributed by atoms with Crippen molar-refractivity contribution in [1.29, 1.82) is 0 Å². The molecule has 1 aliphatic rings. The Kier molecular flexibility index (Phi) is 6.02. The summed E-state index contributed by atoms with van der Waals surface area (Å²) in [7, 11) is -3.90. The van der Waals surface area contributed by atoms with Gasteiger partial charge in [0.1, 0.15) is 0 Å². The molecule has 7 nitrogen and oxygen atoms in total. The molecule has 0 aromatic heterocycles. The van der Waals surface area contributed by atoms with Crippen molar-refractivity contribution in [1.82, 2.24) is 9.44 Å². The van der Waals surface area contributed by atoms with E-state index in [1.54, 1.807) is 13.8 Å². The molecule has 0 radical (unpaired) electrons. The van der Waals surface area contributed by atoms with Crippen LogP contribution in [0.1, 0.15) is 39.5 Å². The molecule has 0 saturated heterocycles. The molecule has 1 saturated carbocycles. The monoisotopic (exact) mass is 293 g/mol. The Morgan fingerprint density at radius 2 is 2.00 bits per heavy atom. The summed E-state index contributed by atoms with van der Waals surface area (Å²) in [4.78, 5) is 11.3. The Morgan fingerprint density at radius 3 is 2.58 bits per heavy atom. The van der Waals surface area contributed by atoms with E-state index in [0.717, 1.165) is 25.7 Å². The molecular formula is C11H23N3O4S. The molecule has 2 unspecified atom stereocenters. The van der Waals surface area contributed by atoms with E-state index in [9.17, 15) is 13.2 Å². The van der Waals surface area contributed by atoms with Crippen molar-refractivity contribution in [3.63, 3.8) is 0 Å². The van der Waals surface area contributed by atoms with Crippen molar-refractivity contribution >= 4 is 16.3 Å². The zero-order chi connectivity index (χ0) is 14.5. The second-order valence-corrected chi connectivity index (χ2v) is 6.51. The van der Waals surface area contributed by atoms with Gasteiger partial charge in [-0.25, -0.2) is 9.52 Å². The first-order chi connectivity index (χ1) is 8.84. The molecule has 4 N–H and O–H groups in total. The van der Waals surface area contributed by atoms with Crippen molar-refractivity contribution in [2.24, 2.45) is 11.7 Å². The van der Waals surface area contributed by atoms with E-state index in [1.807, 2.05) is 4.72 Å². The van der Waals surface area contributed by atoms with Gasteiger partial charge in [-0.05, 0) is 39.2 Å². The Balaban J connectivity index is 2.55. The molecule has 0 aromatic rings. The lowest BCUT2D eigenvalue weighted by Gasteiger charge is -2.30. The number of rotatable bonds is 5. The third kappa shape index (κ3) is 5.75.